The highest BCUT2D eigenvalue weighted by Gasteiger charge is 2.37. The van der Waals surface area contributed by atoms with E-state index in [4.69, 9.17) is 0 Å². The van der Waals surface area contributed by atoms with Gasteiger partial charge in [0.2, 0.25) is 0 Å². The van der Waals surface area contributed by atoms with Gasteiger partial charge in [-0.2, -0.15) is 0 Å². The molecule has 0 amide bonds. The lowest BCUT2D eigenvalue weighted by Crippen LogP contribution is -2.13. The van der Waals surface area contributed by atoms with Crippen molar-refractivity contribution < 1.29 is 0 Å². The first-order chi connectivity index (χ1) is 35.9. The highest BCUT2D eigenvalue weighted by atomic mass is 14.4. The van der Waals surface area contributed by atoms with Crippen LogP contribution in [-0.2, 0) is 27.1 Å². The maximum absolute atomic E-state index is 2.67. The quantitative estimate of drug-likeness (QED) is 0.105. The van der Waals surface area contributed by atoms with Gasteiger partial charge >= 0.3 is 0 Å². The van der Waals surface area contributed by atoms with E-state index in [-0.39, 0.29) is 27.1 Å². The van der Waals surface area contributed by atoms with Gasteiger partial charge in [0.1, 0.15) is 0 Å². The average Bonchev–Trinajstić information content (AvgIpc) is 3.45. The summed E-state index contributed by atoms with van der Waals surface area (Å²) in [5.74, 6) is 0. The van der Waals surface area contributed by atoms with E-state index in [9.17, 15) is 0 Å². The Bertz CT molecular complexity index is 5560. The van der Waals surface area contributed by atoms with Crippen LogP contribution in [0.25, 0.3) is 183 Å². The molecule has 0 aliphatic carbocycles. The Morgan fingerprint density at radius 2 is 0.355 bits per heavy atom. The molecule has 366 valence electrons. The fraction of sp³-hybridized carbons (Fsp3) is 0.263. The van der Waals surface area contributed by atoms with Gasteiger partial charge in [0.15, 0.2) is 0 Å². The van der Waals surface area contributed by atoms with Crippen LogP contribution in [0.1, 0.15) is 132 Å². The molecule has 0 bridgehead atoms. The highest BCUT2D eigenvalue weighted by Crippen LogP contribution is 2.64. The molecule has 0 saturated heterocycles. The molecule has 18 aromatic carbocycles. The topological polar surface area (TPSA) is 0 Å². The molecule has 0 fully saturated rings. The summed E-state index contributed by atoms with van der Waals surface area (Å²) in [7, 11) is 0. The van der Waals surface area contributed by atoms with E-state index in [2.05, 4.69) is 207 Å². The molecular weight excluding hydrogens is 913 g/mol. The number of hydrogen-bond donors (Lipinski definition) is 0. The standard InChI is InChI=1S/C76H62/c1-72(2,3)36-23-43-42-22-35-19-18-33-16-17-34-20-21-41-56-52-32-40(76(13,14)15)31-51-50-30-39(75(10,11)12)29-49-47-27-38(74(7,8)9)26-46-48-28-37(73(4,5)6)25-45-44(24-36)57(43)69-67(59(45)48)66(58(46)47)68(60(49)50)70(61(51)52)71(69)65(56)63(42)64-55(35)53(33)54(34)62(41)64/h16-32H,1-15H3. The summed E-state index contributed by atoms with van der Waals surface area (Å²) in [6.45, 7) is 36.4. The minimum atomic E-state index is -0.0993. The monoisotopic (exact) mass is 974 g/mol. The van der Waals surface area contributed by atoms with E-state index >= 15 is 0 Å². The first-order valence-corrected chi connectivity index (χ1v) is 28.3. The first kappa shape index (κ1) is 42.9. The largest absolute Gasteiger partial charge is 0.0561 e. The van der Waals surface area contributed by atoms with Crippen molar-refractivity contribution in [2.45, 2.75) is 131 Å². The summed E-state index contributed by atoms with van der Waals surface area (Å²) in [5, 5.41) is 48.5. The van der Waals surface area contributed by atoms with Crippen molar-refractivity contribution in [3.8, 4) is 0 Å². The summed E-state index contributed by atoms with van der Waals surface area (Å²) in [6.07, 6.45) is 0. The van der Waals surface area contributed by atoms with Gasteiger partial charge < -0.3 is 0 Å². The Hall–Kier alpha value is -7.28. The number of fused-ring (bicyclic) bond motifs is 7. The van der Waals surface area contributed by atoms with E-state index < -0.39 is 0 Å². The van der Waals surface area contributed by atoms with Crippen molar-refractivity contribution >= 4 is 183 Å². The van der Waals surface area contributed by atoms with Crippen molar-refractivity contribution in [1.29, 1.82) is 0 Å². The zero-order chi connectivity index (χ0) is 52.0. The summed E-state index contributed by atoms with van der Waals surface area (Å²) >= 11 is 0. The van der Waals surface area contributed by atoms with Crippen molar-refractivity contribution in [2.24, 2.45) is 0 Å². The third kappa shape index (κ3) is 4.62. The molecule has 0 aromatic heterocycles. The van der Waals surface area contributed by atoms with Crippen LogP contribution in [0.2, 0.25) is 0 Å². The van der Waals surface area contributed by atoms with Crippen LogP contribution in [0, 0.1) is 0 Å². The second-order valence-electron chi connectivity index (χ2n) is 29.6. The van der Waals surface area contributed by atoms with Gasteiger partial charge in [-0.3, -0.25) is 0 Å². The molecule has 0 radical (unpaired) electrons. The third-order valence-corrected chi connectivity index (χ3v) is 20.0. The molecule has 0 aliphatic heterocycles. The van der Waals surface area contributed by atoms with E-state index in [1.54, 1.807) is 0 Å². The second-order valence-corrected chi connectivity index (χ2v) is 29.6. The Labute approximate surface area is 442 Å². The lowest BCUT2D eigenvalue weighted by atomic mass is 9.71. The maximum atomic E-state index is 2.67. The van der Waals surface area contributed by atoms with Gasteiger partial charge in [-0.1, -0.05) is 140 Å². The van der Waals surface area contributed by atoms with Crippen LogP contribution in [0.5, 0.6) is 0 Å². The van der Waals surface area contributed by atoms with Crippen LogP contribution >= 0.6 is 0 Å². The molecule has 0 aliphatic rings. The molecule has 0 heteroatoms. The lowest BCUT2D eigenvalue weighted by molar-refractivity contribution is 0.591. The van der Waals surface area contributed by atoms with Gasteiger partial charge in [0.05, 0.1) is 0 Å². The summed E-state index contributed by atoms with van der Waals surface area (Å²) in [6, 6.07) is 43.8. The summed E-state index contributed by atoms with van der Waals surface area (Å²) in [5.41, 5.74) is 6.56. The molecule has 0 heterocycles. The van der Waals surface area contributed by atoms with Crippen molar-refractivity contribution in [3.05, 3.63) is 131 Å². The molecular formula is C76H62. The Balaban J connectivity index is 1.32. The van der Waals surface area contributed by atoms with Crippen LogP contribution in [0.4, 0.5) is 0 Å². The van der Waals surface area contributed by atoms with Crippen LogP contribution in [0.15, 0.2) is 103 Å². The Kier molecular flexibility index (Phi) is 6.93. The van der Waals surface area contributed by atoms with Gasteiger partial charge in [0.25, 0.3) is 0 Å². The molecule has 18 rings (SSSR count). The van der Waals surface area contributed by atoms with Gasteiger partial charge in [-0.25, -0.2) is 0 Å². The maximum Gasteiger partial charge on any atom is -0.00000262 e. The normalized spacial score (nSPS) is 14.8. The Morgan fingerprint density at radius 1 is 0.158 bits per heavy atom. The molecule has 0 nitrogen and oxygen atoms in total. The highest BCUT2D eigenvalue weighted by molar-refractivity contribution is 6.64. The summed E-state index contributed by atoms with van der Waals surface area (Å²) in [4.78, 5) is 0. The smallest absolute Gasteiger partial charge is 0.00000262 e. The zero-order valence-corrected chi connectivity index (χ0v) is 46.8. The molecule has 0 spiro atoms. The Morgan fingerprint density at radius 3 is 0.697 bits per heavy atom. The molecule has 76 heavy (non-hydrogen) atoms. The van der Waals surface area contributed by atoms with Crippen LogP contribution in [-0.4, -0.2) is 0 Å². The predicted octanol–water partition coefficient (Wildman–Crippen LogP) is 22.7. The van der Waals surface area contributed by atoms with Crippen molar-refractivity contribution in [2.75, 3.05) is 0 Å². The summed E-state index contributed by atoms with van der Waals surface area (Å²) < 4.78 is 0. The van der Waals surface area contributed by atoms with Gasteiger partial charge in [-0.15, -0.1) is 0 Å². The minimum absolute atomic E-state index is 0.0743. The predicted molar refractivity (Wildman–Crippen MR) is 338 cm³/mol. The van der Waals surface area contributed by atoms with E-state index in [0.717, 1.165) is 0 Å². The van der Waals surface area contributed by atoms with Gasteiger partial charge in [-0.05, 0) is 305 Å². The van der Waals surface area contributed by atoms with Crippen molar-refractivity contribution in [1.82, 2.24) is 0 Å². The zero-order valence-electron chi connectivity index (χ0n) is 46.8. The molecule has 0 N–H and O–H groups in total. The molecule has 0 unspecified atom stereocenters. The first-order valence-electron chi connectivity index (χ1n) is 28.3. The molecule has 0 atom stereocenters. The number of rotatable bonds is 0. The van der Waals surface area contributed by atoms with E-state index in [1.165, 1.54) is 211 Å². The number of hydrogen-bond acceptors (Lipinski definition) is 0. The second kappa shape index (κ2) is 12.3. The van der Waals surface area contributed by atoms with Crippen LogP contribution in [0.3, 0.4) is 0 Å². The lowest BCUT2D eigenvalue weighted by Gasteiger charge is -2.31. The third-order valence-electron chi connectivity index (χ3n) is 20.0. The fourth-order valence-corrected chi connectivity index (χ4v) is 16.2. The molecule has 0 saturated carbocycles. The van der Waals surface area contributed by atoms with Crippen molar-refractivity contribution in [3.63, 3.8) is 0 Å². The number of benzene rings is 16. The van der Waals surface area contributed by atoms with Gasteiger partial charge in [0, 0.05) is 0 Å². The fourth-order valence-electron chi connectivity index (χ4n) is 16.2. The van der Waals surface area contributed by atoms with E-state index in [0.29, 0.717) is 0 Å². The van der Waals surface area contributed by atoms with Crippen LogP contribution < -0.4 is 0 Å². The molecule has 18 aromatic rings. The average molecular weight is 975 g/mol. The minimum Gasteiger partial charge on any atom is -0.0561 e. The SMILES string of the molecule is CC(C)(C)c1cc2c3cc(C(C)(C)C)cc4c5cc(C(C)(C)C)cc6c7cc8ccc9ccc%10ccc%11c%12c%13cc(C(C)(C)C)cc%14c%15cc(C(C)(C)C)cc%16c(c1)c2c1c(c34)c(c56)c(c%12c7c2c8c9c%10c%112)c(c%14%13)c1c%16%15. The van der Waals surface area contributed by atoms with E-state index in [1.807, 2.05) is 0 Å².